The average molecular weight is 362 g/mol. The Morgan fingerprint density at radius 3 is 2.62 bits per heavy atom. The van der Waals surface area contributed by atoms with Crippen molar-refractivity contribution in [1.82, 2.24) is 9.55 Å². The summed E-state index contributed by atoms with van der Waals surface area (Å²) in [5.74, 6) is -0.456. The second-order valence-electron chi connectivity index (χ2n) is 5.96. The van der Waals surface area contributed by atoms with E-state index in [1.54, 1.807) is 17.7 Å². The highest BCUT2D eigenvalue weighted by atomic mass is 32.1. The van der Waals surface area contributed by atoms with Crippen LogP contribution in [0.2, 0.25) is 0 Å². The second-order valence-corrected chi connectivity index (χ2v) is 6.85. The van der Waals surface area contributed by atoms with Gasteiger partial charge in [-0.15, -0.1) is 11.3 Å². The Labute approximate surface area is 156 Å². The average Bonchev–Trinajstić information content (AvgIpc) is 3.22. The fourth-order valence-electron chi connectivity index (χ4n) is 2.78. The van der Waals surface area contributed by atoms with Gasteiger partial charge in [0.05, 0.1) is 0 Å². The van der Waals surface area contributed by atoms with Crippen molar-refractivity contribution in [3.05, 3.63) is 70.0 Å². The number of carbonyl (C=O) groups excluding carboxylic acids is 1. The number of hydrogen-bond acceptors (Lipinski definition) is 4. The minimum Gasteiger partial charge on any atom is -0.318 e. The molecule has 2 aromatic heterocycles. The molecule has 0 saturated carbocycles. The molecule has 0 aliphatic heterocycles. The molecule has 0 aliphatic carbocycles. The van der Waals surface area contributed by atoms with E-state index in [1.165, 1.54) is 16.9 Å². The van der Waals surface area contributed by atoms with Crippen molar-refractivity contribution < 1.29 is 4.79 Å². The van der Waals surface area contributed by atoms with Crippen molar-refractivity contribution in [3.63, 3.8) is 0 Å². The SMILES string of the molecule is Cc1ccc(-n2c(C)cc(/C=C(/C#N)C(=O)Nc3nccs3)c2C)cc1. The third-order valence-electron chi connectivity index (χ3n) is 4.08. The predicted octanol–water partition coefficient (Wildman–Crippen LogP) is 4.40. The first-order chi connectivity index (χ1) is 12.5. The van der Waals surface area contributed by atoms with Gasteiger partial charge in [-0.25, -0.2) is 4.98 Å². The molecule has 1 N–H and O–H groups in total. The molecule has 3 rings (SSSR count). The lowest BCUT2D eigenvalue weighted by molar-refractivity contribution is -0.112. The number of nitriles is 1. The summed E-state index contributed by atoms with van der Waals surface area (Å²) < 4.78 is 2.11. The number of nitrogens with zero attached hydrogens (tertiary/aromatic N) is 3. The van der Waals surface area contributed by atoms with Gasteiger partial charge < -0.3 is 4.57 Å². The summed E-state index contributed by atoms with van der Waals surface area (Å²) in [6, 6.07) is 12.2. The molecular weight excluding hydrogens is 344 g/mol. The summed E-state index contributed by atoms with van der Waals surface area (Å²) in [6.07, 6.45) is 3.22. The van der Waals surface area contributed by atoms with Crippen LogP contribution in [0, 0.1) is 32.1 Å². The van der Waals surface area contributed by atoms with Crippen LogP contribution in [0.25, 0.3) is 11.8 Å². The Morgan fingerprint density at radius 1 is 1.27 bits per heavy atom. The summed E-state index contributed by atoms with van der Waals surface area (Å²) >= 11 is 1.31. The van der Waals surface area contributed by atoms with Crippen LogP contribution in [-0.2, 0) is 4.79 Å². The molecule has 0 aliphatic rings. The highest BCUT2D eigenvalue weighted by molar-refractivity contribution is 7.13. The fourth-order valence-corrected chi connectivity index (χ4v) is 3.30. The molecule has 0 spiro atoms. The molecule has 0 atom stereocenters. The van der Waals surface area contributed by atoms with Crippen LogP contribution in [0.1, 0.15) is 22.5 Å². The molecule has 0 radical (unpaired) electrons. The zero-order valence-electron chi connectivity index (χ0n) is 14.8. The molecule has 5 nitrogen and oxygen atoms in total. The van der Waals surface area contributed by atoms with Crippen LogP contribution in [-0.4, -0.2) is 15.5 Å². The molecule has 0 unspecified atom stereocenters. The van der Waals surface area contributed by atoms with Crippen molar-refractivity contribution in [3.8, 4) is 11.8 Å². The minimum atomic E-state index is -0.456. The van der Waals surface area contributed by atoms with Crippen molar-refractivity contribution >= 4 is 28.5 Å². The summed E-state index contributed by atoms with van der Waals surface area (Å²) in [7, 11) is 0. The van der Waals surface area contributed by atoms with E-state index in [0.29, 0.717) is 5.13 Å². The van der Waals surface area contributed by atoms with Crippen LogP contribution < -0.4 is 5.32 Å². The van der Waals surface area contributed by atoms with E-state index in [1.807, 2.05) is 32.9 Å². The standard InChI is InChI=1S/C20H18N4OS/c1-13-4-6-18(7-5-13)24-14(2)10-16(15(24)3)11-17(12-21)19(25)23-20-22-8-9-26-20/h4-11H,1-3H3,(H,22,23,25)/b17-11-. The van der Waals surface area contributed by atoms with Gasteiger partial charge in [0.15, 0.2) is 5.13 Å². The first-order valence-electron chi connectivity index (χ1n) is 8.08. The van der Waals surface area contributed by atoms with Gasteiger partial charge in [-0.3, -0.25) is 10.1 Å². The third kappa shape index (κ3) is 3.58. The monoisotopic (exact) mass is 362 g/mol. The lowest BCUT2D eigenvalue weighted by Crippen LogP contribution is -2.13. The number of carbonyl (C=O) groups is 1. The Morgan fingerprint density at radius 2 is 2.00 bits per heavy atom. The summed E-state index contributed by atoms with van der Waals surface area (Å²) in [5, 5.41) is 14.3. The van der Waals surface area contributed by atoms with E-state index in [-0.39, 0.29) is 5.57 Å². The fraction of sp³-hybridized carbons (Fsp3) is 0.150. The Kier molecular flexibility index (Phi) is 5.01. The van der Waals surface area contributed by atoms with Crippen molar-refractivity contribution in [2.24, 2.45) is 0 Å². The number of hydrogen-bond donors (Lipinski definition) is 1. The van der Waals surface area contributed by atoms with Crippen LogP contribution in [0.4, 0.5) is 5.13 Å². The van der Waals surface area contributed by atoms with E-state index in [4.69, 9.17) is 0 Å². The maximum absolute atomic E-state index is 12.3. The highest BCUT2D eigenvalue weighted by Crippen LogP contribution is 2.23. The topological polar surface area (TPSA) is 70.7 Å². The summed E-state index contributed by atoms with van der Waals surface area (Å²) in [6.45, 7) is 6.03. The smallest absolute Gasteiger partial charge is 0.268 e. The normalized spacial score (nSPS) is 11.2. The number of benzene rings is 1. The summed E-state index contributed by atoms with van der Waals surface area (Å²) in [4.78, 5) is 16.3. The van der Waals surface area contributed by atoms with Gasteiger partial charge in [-0.2, -0.15) is 5.26 Å². The van der Waals surface area contributed by atoms with Crippen molar-refractivity contribution in [2.75, 3.05) is 5.32 Å². The molecule has 0 fully saturated rings. The number of thiazole rings is 1. The largest absolute Gasteiger partial charge is 0.318 e. The maximum atomic E-state index is 12.3. The molecule has 26 heavy (non-hydrogen) atoms. The molecule has 0 saturated heterocycles. The van der Waals surface area contributed by atoms with Gasteiger partial charge in [0, 0.05) is 28.7 Å². The first-order valence-corrected chi connectivity index (χ1v) is 8.96. The first kappa shape index (κ1) is 17.6. The van der Waals surface area contributed by atoms with E-state index in [9.17, 15) is 10.1 Å². The van der Waals surface area contributed by atoms with Gasteiger partial charge in [-0.1, -0.05) is 17.7 Å². The molecule has 0 bridgehead atoms. The van der Waals surface area contributed by atoms with E-state index in [0.717, 1.165) is 22.6 Å². The molecule has 130 valence electrons. The molecule has 1 amide bonds. The number of amides is 1. The van der Waals surface area contributed by atoms with Crippen LogP contribution >= 0.6 is 11.3 Å². The van der Waals surface area contributed by atoms with E-state index >= 15 is 0 Å². The Balaban J connectivity index is 1.94. The number of aryl methyl sites for hydroxylation is 2. The lowest BCUT2D eigenvalue weighted by Gasteiger charge is -2.10. The van der Waals surface area contributed by atoms with E-state index in [2.05, 4.69) is 39.1 Å². The predicted molar refractivity (Wildman–Crippen MR) is 104 cm³/mol. The highest BCUT2D eigenvalue weighted by Gasteiger charge is 2.14. The maximum Gasteiger partial charge on any atom is 0.268 e. The molecule has 1 aromatic carbocycles. The van der Waals surface area contributed by atoms with Crippen LogP contribution in [0.15, 0.2) is 47.5 Å². The van der Waals surface area contributed by atoms with Gasteiger partial charge in [0.1, 0.15) is 11.6 Å². The van der Waals surface area contributed by atoms with Crippen LogP contribution in [0.5, 0.6) is 0 Å². The number of aromatic nitrogens is 2. The zero-order valence-corrected chi connectivity index (χ0v) is 15.6. The van der Waals surface area contributed by atoms with Crippen molar-refractivity contribution in [1.29, 1.82) is 5.26 Å². The molecular formula is C20H18N4OS. The number of anilines is 1. The Hall–Kier alpha value is -3.17. The van der Waals surface area contributed by atoms with Gasteiger partial charge in [-0.05, 0) is 50.6 Å². The molecule has 6 heteroatoms. The van der Waals surface area contributed by atoms with Gasteiger partial charge in [0.2, 0.25) is 0 Å². The molecule has 2 heterocycles. The lowest BCUT2D eigenvalue weighted by atomic mass is 10.1. The second kappa shape index (κ2) is 7.38. The summed E-state index contributed by atoms with van der Waals surface area (Å²) in [5.41, 5.74) is 5.15. The van der Waals surface area contributed by atoms with Crippen molar-refractivity contribution in [2.45, 2.75) is 20.8 Å². The van der Waals surface area contributed by atoms with Gasteiger partial charge in [0.25, 0.3) is 5.91 Å². The van der Waals surface area contributed by atoms with Crippen LogP contribution in [0.3, 0.4) is 0 Å². The quantitative estimate of drug-likeness (QED) is 0.552. The number of nitrogens with one attached hydrogen (secondary N) is 1. The minimum absolute atomic E-state index is 0.0457. The van der Waals surface area contributed by atoms with Gasteiger partial charge >= 0.3 is 0 Å². The molecule has 3 aromatic rings. The Bertz CT molecular complexity index is 1010. The number of rotatable bonds is 4. The zero-order chi connectivity index (χ0) is 18.7. The van der Waals surface area contributed by atoms with E-state index < -0.39 is 5.91 Å². The third-order valence-corrected chi connectivity index (χ3v) is 4.77.